The zero-order valence-corrected chi connectivity index (χ0v) is 11.9. The van der Waals surface area contributed by atoms with Gasteiger partial charge in [0.1, 0.15) is 10.5 Å². The second-order valence-corrected chi connectivity index (χ2v) is 5.91. The van der Waals surface area contributed by atoms with Crippen molar-refractivity contribution in [2.45, 2.75) is 11.8 Å². The number of hydrogen-bond acceptors (Lipinski definition) is 4. The molecule has 4 N–H and O–H groups in total. The summed E-state index contributed by atoms with van der Waals surface area (Å²) in [6.45, 7) is 1.68. The minimum atomic E-state index is -3.98. The molecule has 110 valence electrons. The predicted octanol–water partition coefficient (Wildman–Crippen LogP) is 0.583. The van der Waals surface area contributed by atoms with Gasteiger partial charge >= 0.3 is 0 Å². The first-order valence-electron chi connectivity index (χ1n) is 5.92. The maximum atomic E-state index is 12.1. The Labute approximate surface area is 120 Å². The van der Waals surface area contributed by atoms with E-state index in [-0.39, 0.29) is 16.1 Å². The largest absolute Gasteiger partial charge is 0.326 e. The Morgan fingerprint density at radius 1 is 1.19 bits per heavy atom. The number of rotatable bonds is 3. The van der Waals surface area contributed by atoms with Gasteiger partial charge in [0.2, 0.25) is 10.0 Å². The summed E-state index contributed by atoms with van der Waals surface area (Å²) in [6, 6.07) is 8.62. The third-order valence-corrected chi connectivity index (χ3v) is 3.71. The molecule has 1 aromatic heterocycles. The van der Waals surface area contributed by atoms with E-state index in [1.54, 1.807) is 19.1 Å². The van der Waals surface area contributed by atoms with Gasteiger partial charge in [-0.2, -0.15) is 0 Å². The molecule has 2 rings (SSSR count). The van der Waals surface area contributed by atoms with Gasteiger partial charge < -0.3 is 10.3 Å². The second kappa shape index (κ2) is 5.51. The Morgan fingerprint density at radius 3 is 2.48 bits per heavy atom. The van der Waals surface area contributed by atoms with E-state index >= 15 is 0 Å². The van der Waals surface area contributed by atoms with E-state index in [9.17, 15) is 18.0 Å². The van der Waals surface area contributed by atoms with Gasteiger partial charge in [-0.3, -0.25) is 9.59 Å². The van der Waals surface area contributed by atoms with Crippen LogP contribution in [0.15, 0.2) is 46.1 Å². The molecule has 0 spiro atoms. The Morgan fingerprint density at radius 2 is 1.86 bits per heavy atom. The lowest BCUT2D eigenvalue weighted by molar-refractivity contribution is 0.102. The summed E-state index contributed by atoms with van der Waals surface area (Å²) in [5, 5.41) is 7.45. The summed E-state index contributed by atoms with van der Waals surface area (Å²) in [5.41, 5.74) is -0.0446. The van der Waals surface area contributed by atoms with Crippen LogP contribution in [0.1, 0.15) is 16.1 Å². The van der Waals surface area contributed by atoms with Gasteiger partial charge in [0, 0.05) is 5.69 Å². The van der Waals surface area contributed by atoms with Crippen LogP contribution in [0, 0.1) is 6.92 Å². The highest BCUT2D eigenvalue weighted by molar-refractivity contribution is 7.89. The fraction of sp³-hybridized carbons (Fsp3) is 0.0769. The summed E-state index contributed by atoms with van der Waals surface area (Å²) >= 11 is 0. The molecule has 7 nitrogen and oxygen atoms in total. The minimum absolute atomic E-state index is 0.0185. The summed E-state index contributed by atoms with van der Waals surface area (Å²) in [6.07, 6.45) is 0. The number of nitrogens with one attached hydrogen (secondary N) is 2. The average Bonchev–Trinajstić information content (AvgIpc) is 2.37. The van der Waals surface area contributed by atoms with Gasteiger partial charge in [-0.15, -0.1) is 0 Å². The fourth-order valence-corrected chi connectivity index (χ4v) is 2.45. The average molecular weight is 307 g/mol. The smallest absolute Gasteiger partial charge is 0.261 e. The molecule has 0 aliphatic rings. The molecule has 1 aromatic carbocycles. The number of aromatic nitrogens is 1. The molecule has 0 aliphatic carbocycles. The van der Waals surface area contributed by atoms with Crippen molar-refractivity contribution in [1.82, 2.24) is 4.98 Å². The van der Waals surface area contributed by atoms with E-state index in [1.807, 2.05) is 0 Å². The van der Waals surface area contributed by atoms with Crippen LogP contribution >= 0.6 is 0 Å². The third kappa shape index (κ3) is 3.36. The van der Waals surface area contributed by atoms with E-state index < -0.39 is 21.5 Å². The van der Waals surface area contributed by atoms with Crippen molar-refractivity contribution in [1.29, 1.82) is 0 Å². The molecule has 0 saturated carbocycles. The number of benzene rings is 1. The zero-order valence-electron chi connectivity index (χ0n) is 11.1. The standard InChI is InChI=1S/C13H13N3O4S/c1-8-6-7-9(12(17)15-8)13(18)16-10-4-2-3-5-11(10)21(14,19)20/h2-7H,1H3,(H,15,17)(H,16,18)(H2,14,19,20). The number of primary sulfonamides is 1. The number of carbonyl (C=O) groups excluding carboxylic acids is 1. The maximum absolute atomic E-state index is 12.1. The number of amides is 1. The molecule has 1 heterocycles. The van der Waals surface area contributed by atoms with Gasteiger partial charge in [-0.05, 0) is 31.2 Å². The number of aryl methyl sites for hydroxylation is 1. The number of anilines is 1. The minimum Gasteiger partial charge on any atom is -0.326 e. The van der Waals surface area contributed by atoms with Gasteiger partial charge in [-0.1, -0.05) is 12.1 Å². The van der Waals surface area contributed by atoms with Gasteiger partial charge in [-0.25, -0.2) is 13.6 Å². The van der Waals surface area contributed by atoms with Gasteiger partial charge in [0.05, 0.1) is 5.69 Å². The van der Waals surface area contributed by atoms with E-state index in [2.05, 4.69) is 10.3 Å². The van der Waals surface area contributed by atoms with Crippen LogP contribution in [0.4, 0.5) is 5.69 Å². The highest BCUT2D eigenvalue weighted by Gasteiger charge is 2.17. The molecule has 0 radical (unpaired) electrons. The normalized spacial score (nSPS) is 11.1. The lowest BCUT2D eigenvalue weighted by Crippen LogP contribution is -2.24. The van der Waals surface area contributed by atoms with Crippen LogP contribution in [0.3, 0.4) is 0 Å². The molecule has 8 heteroatoms. The number of hydrogen-bond donors (Lipinski definition) is 3. The van der Waals surface area contributed by atoms with E-state index in [1.165, 1.54) is 24.3 Å². The highest BCUT2D eigenvalue weighted by atomic mass is 32.2. The summed E-state index contributed by atoms with van der Waals surface area (Å²) in [4.78, 5) is 26.0. The second-order valence-electron chi connectivity index (χ2n) is 4.38. The lowest BCUT2D eigenvalue weighted by atomic mass is 10.2. The number of para-hydroxylation sites is 1. The molecular formula is C13H13N3O4S. The van der Waals surface area contributed by atoms with Crippen LogP contribution in [-0.4, -0.2) is 19.3 Å². The van der Waals surface area contributed by atoms with Crippen molar-refractivity contribution >= 4 is 21.6 Å². The summed E-state index contributed by atoms with van der Waals surface area (Å²) < 4.78 is 22.9. The Kier molecular flexibility index (Phi) is 3.92. The van der Waals surface area contributed by atoms with Crippen molar-refractivity contribution in [2.24, 2.45) is 5.14 Å². The quantitative estimate of drug-likeness (QED) is 0.767. The fourth-order valence-electron chi connectivity index (χ4n) is 1.76. The molecule has 0 unspecified atom stereocenters. The third-order valence-electron chi connectivity index (χ3n) is 2.74. The molecule has 2 aromatic rings. The maximum Gasteiger partial charge on any atom is 0.261 e. The zero-order chi connectivity index (χ0) is 15.6. The van der Waals surface area contributed by atoms with Crippen molar-refractivity contribution in [2.75, 3.05) is 5.32 Å². The topological polar surface area (TPSA) is 122 Å². The first-order valence-corrected chi connectivity index (χ1v) is 7.47. The van der Waals surface area contributed by atoms with Crippen LogP contribution in [-0.2, 0) is 10.0 Å². The summed E-state index contributed by atoms with van der Waals surface area (Å²) in [7, 11) is -3.98. The molecule has 21 heavy (non-hydrogen) atoms. The number of aromatic amines is 1. The number of pyridine rings is 1. The number of nitrogens with two attached hydrogens (primary N) is 1. The number of H-pyrrole nitrogens is 1. The SMILES string of the molecule is Cc1ccc(C(=O)Nc2ccccc2S(N)(=O)=O)c(=O)[nH]1. The Balaban J connectivity index is 2.39. The molecule has 0 bridgehead atoms. The van der Waals surface area contributed by atoms with Crippen LogP contribution in [0.25, 0.3) is 0 Å². The van der Waals surface area contributed by atoms with E-state index in [0.717, 1.165) is 0 Å². The van der Waals surface area contributed by atoms with Crippen molar-refractivity contribution in [3.63, 3.8) is 0 Å². The molecule has 0 fully saturated rings. The van der Waals surface area contributed by atoms with Crippen LogP contribution < -0.4 is 16.0 Å². The van der Waals surface area contributed by atoms with E-state index in [4.69, 9.17) is 5.14 Å². The van der Waals surface area contributed by atoms with E-state index in [0.29, 0.717) is 5.69 Å². The monoisotopic (exact) mass is 307 g/mol. The number of carbonyl (C=O) groups is 1. The predicted molar refractivity (Wildman–Crippen MR) is 77.6 cm³/mol. The number of sulfonamides is 1. The van der Waals surface area contributed by atoms with Crippen LogP contribution in [0.2, 0.25) is 0 Å². The Bertz CT molecular complexity index is 856. The van der Waals surface area contributed by atoms with Gasteiger partial charge in [0.25, 0.3) is 11.5 Å². The molecule has 0 atom stereocenters. The summed E-state index contributed by atoms with van der Waals surface area (Å²) in [5.74, 6) is -0.715. The Hall–Kier alpha value is -2.45. The highest BCUT2D eigenvalue weighted by Crippen LogP contribution is 2.19. The molecule has 0 saturated heterocycles. The first kappa shape index (κ1) is 14.9. The van der Waals surface area contributed by atoms with Crippen molar-refractivity contribution < 1.29 is 13.2 Å². The van der Waals surface area contributed by atoms with Crippen molar-refractivity contribution in [3.8, 4) is 0 Å². The molecule has 0 aliphatic heterocycles. The first-order chi connectivity index (χ1) is 9.79. The molecular weight excluding hydrogens is 294 g/mol. The van der Waals surface area contributed by atoms with Crippen molar-refractivity contribution in [3.05, 3.63) is 58.0 Å². The lowest BCUT2D eigenvalue weighted by Gasteiger charge is -2.09. The van der Waals surface area contributed by atoms with Crippen LogP contribution in [0.5, 0.6) is 0 Å². The molecule has 1 amide bonds. The van der Waals surface area contributed by atoms with Gasteiger partial charge in [0.15, 0.2) is 0 Å².